The van der Waals surface area contributed by atoms with Gasteiger partial charge in [-0.3, -0.25) is 9.59 Å². The Labute approximate surface area is 147 Å². The van der Waals surface area contributed by atoms with E-state index in [4.69, 9.17) is 4.74 Å². The van der Waals surface area contributed by atoms with Gasteiger partial charge in [-0.15, -0.1) is 11.8 Å². The van der Waals surface area contributed by atoms with Crippen molar-refractivity contribution >= 4 is 39.6 Å². The Balaban J connectivity index is 1.63. The van der Waals surface area contributed by atoms with E-state index >= 15 is 0 Å². The van der Waals surface area contributed by atoms with Gasteiger partial charge < -0.3 is 10.1 Å². The fraction of sp³-hybridized carbons (Fsp3) is 0.176. The fourth-order valence-corrected chi connectivity index (χ4v) is 2.68. The summed E-state index contributed by atoms with van der Waals surface area (Å²) in [5.74, 6) is -0.390. The molecule has 0 aliphatic carbocycles. The smallest absolute Gasteiger partial charge is 0.325 e. The van der Waals surface area contributed by atoms with Crippen molar-refractivity contribution in [3.8, 4) is 0 Å². The molecule has 0 atom stereocenters. The van der Waals surface area contributed by atoms with E-state index in [9.17, 15) is 9.59 Å². The number of thioether (sulfide) groups is 1. The van der Waals surface area contributed by atoms with Crippen molar-refractivity contribution in [2.45, 2.75) is 11.5 Å². The minimum atomic E-state index is -0.448. The highest BCUT2D eigenvalue weighted by molar-refractivity contribution is 9.10. The molecule has 0 aromatic heterocycles. The summed E-state index contributed by atoms with van der Waals surface area (Å²) in [5, 5.41) is 2.56. The van der Waals surface area contributed by atoms with E-state index in [1.807, 2.05) is 54.6 Å². The van der Waals surface area contributed by atoms with Crippen LogP contribution in [0.25, 0.3) is 0 Å². The van der Waals surface area contributed by atoms with Gasteiger partial charge in [-0.05, 0) is 29.8 Å². The maximum Gasteiger partial charge on any atom is 0.325 e. The summed E-state index contributed by atoms with van der Waals surface area (Å²) >= 11 is 4.77. The van der Waals surface area contributed by atoms with Gasteiger partial charge in [0.1, 0.15) is 13.2 Å². The van der Waals surface area contributed by atoms with Gasteiger partial charge in [0.15, 0.2) is 0 Å². The second kappa shape index (κ2) is 9.37. The summed E-state index contributed by atoms with van der Waals surface area (Å²) in [5.41, 5.74) is 0.915. The van der Waals surface area contributed by atoms with Crippen LogP contribution in [0.4, 0.5) is 0 Å². The maximum atomic E-state index is 11.7. The van der Waals surface area contributed by atoms with Crippen molar-refractivity contribution < 1.29 is 14.3 Å². The van der Waals surface area contributed by atoms with E-state index < -0.39 is 5.97 Å². The Morgan fingerprint density at radius 2 is 1.74 bits per heavy atom. The molecule has 0 fully saturated rings. The third-order valence-electron chi connectivity index (χ3n) is 2.86. The van der Waals surface area contributed by atoms with Crippen molar-refractivity contribution in [1.82, 2.24) is 5.32 Å². The van der Waals surface area contributed by atoms with Crippen LogP contribution >= 0.6 is 27.7 Å². The summed E-state index contributed by atoms with van der Waals surface area (Å²) in [4.78, 5) is 24.3. The molecule has 120 valence electrons. The summed E-state index contributed by atoms with van der Waals surface area (Å²) < 4.78 is 6.08. The number of nitrogens with one attached hydrogen (secondary N) is 1. The Hall–Kier alpha value is -1.79. The van der Waals surface area contributed by atoms with Crippen LogP contribution in [0.1, 0.15) is 5.56 Å². The van der Waals surface area contributed by atoms with Crippen LogP contribution in [0.5, 0.6) is 0 Å². The molecule has 2 aromatic carbocycles. The average Bonchev–Trinajstić information content (AvgIpc) is 2.58. The Kier molecular flexibility index (Phi) is 7.16. The van der Waals surface area contributed by atoms with Gasteiger partial charge in [0.2, 0.25) is 5.91 Å². The van der Waals surface area contributed by atoms with E-state index in [1.165, 1.54) is 11.8 Å². The summed E-state index contributed by atoms with van der Waals surface area (Å²) in [6, 6.07) is 17.1. The van der Waals surface area contributed by atoms with Crippen molar-refractivity contribution in [2.24, 2.45) is 0 Å². The maximum absolute atomic E-state index is 11.7. The number of benzene rings is 2. The van der Waals surface area contributed by atoms with Gasteiger partial charge in [0.05, 0.1) is 5.75 Å². The number of amides is 1. The van der Waals surface area contributed by atoms with Crippen LogP contribution in [-0.2, 0) is 20.9 Å². The van der Waals surface area contributed by atoms with Crippen molar-refractivity contribution in [3.63, 3.8) is 0 Å². The number of carbonyl (C=O) groups excluding carboxylic acids is 2. The summed E-state index contributed by atoms with van der Waals surface area (Å²) in [7, 11) is 0. The lowest BCUT2D eigenvalue weighted by Gasteiger charge is -2.07. The first-order valence-electron chi connectivity index (χ1n) is 6.98. The highest BCUT2D eigenvalue weighted by atomic mass is 79.9. The van der Waals surface area contributed by atoms with Crippen molar-refractivity contribution in [2.75, 3.05) is 12.3 Å². The van der Waals surface area contributed by atoms with Crippen LogP contribution < -0.4 is 5.32 Å². The fourth-order valence-electron chi connectivity index (χ4n) is 1.69. The minimum absolute atomic E-state index is 0.118. The Morgan fingerprint density at radius 1 is 1.04 bits per heavy atom. The quantitative estimate of drug-likeness (QED) is 0.578. The van der Waals surface area contributed by atoms with Crippen LogP contribution in [0.15, 0.2) is 64.0 Å². The highest BCUT2D eigenvalue weighted by Crippen LogP contribution is 2.20. The predicted molar refractivity (Wildman–Crippen MR) is 94.1 cm³/mol. The molecule has 0 spiro atoms. The first-order chi connectivity index (χ1) is 11.1. The summed E-state index contributed by atoms with van der Waals surface area (Å²) in [6.45, 7) is 0.0930. The molecule has 0 saturated heterocycles. The predicted octanol–water partition coefficient (Wildman–Crippen LogP) is 3.40. The number of rotatable bonds is 7. The molecule has 23 heavy (non-hydrogen) atoms. The number of carbonyl (C=O) groups is 2. The molecule has 6 heteroatoms. The molecule has 2 aromatic rings. The van der Waals surface area contributed by atoms with E-state index in [-0.39, 0.29) is 24.8 Å². The molecular formula is C17H16BrNO3S. The number of hydrogen-bond acceptors (Lipinski definition) is 4. The number of esters is 1. The third-order valence-corrected chi connectivity index (χ3v) is 4.40. The van der Waals surface area contributed by atoms with Crippen LogP contribution in [0.2, 0.25) is 0 Å². The highest BCUT2D eigenvalue weighted by Gasteiger charge is 2.07. The molecule has 1 N–H and O–H groups in total. The van der Waals surface area contributed by atoms with Crippen molar-refractivity contribution in [1.29, 1.82) is 0 Å². The lowest BCUT2D eigenvalue weighted by Crippen LogP contribution is -2.31. The molecule has 2 rings (SSSR count). The molecule has 0 bridgehead atoms. The molecule has 0 aliphatic rings. The molecular weight excluding hydrogens is 378 g/mol. The number of ether oxygens (including phenoxy) is 1. The van der Waals surface area contributed by atoms with Crippen LogP contribution in [0.3, 0.4) is 0 Å². The molecule has 0 aliphatic heterocycles. The summed E-state index contributed by atoms with van der Waals surface area (Å²) in [6.07, 6.45) is 0. The Bertz CT molecular complexity index is 647. The van der Waals surface area contributed by atoms with Crippen molar-refractivity contribution in [3.05, 3.63) is 64.6 Å². The van der Waals surface area contributed by atoms with Gasteiger partial charge in [0, 0.05) is 9.37 Å². The SMILES string of the molecule is O=C(CSc1ccc(Br)cc1)NCC(=O)OCc1ccccc1. The van der Waals surface area contributed by atoms with Gasteiger partial charge >= 0.3 is 5.97 Å². The lowest BCUT2D eigenvalue weighted by atomic mass is 10.2. The zero-order valence-corrected chi connectivity index (χ0v) is 14.7. The molecule has 0 unspecified atom stereocenters. The standard InChI is InChI=1S/C17H16BrNO3S/c18-14-6-8-15(9-7-14)23-12-16(20)19-10-17(21)22-11-13-4-2-1-3-5-13/h1-9H,10-12H2,(H,19,20). The second-order valence-corrected chi connectivity index (χ2v) is 6.63. The monoisotopic (exact) mass is 393 g/mol. The number of hydrogen-bond donors (Lipinski definition) is 1. The topological polar surface area (TPSA) is 55.4 Å². The van der Waals surface area contributed by atoms with E-state index in [0.717, 1.165) is 14.9 Å². The van der Waals surface area contributed by atoms with E-state index in [0.29, 0.717) is 0 Å². The minimum Gasteiger partial charge on any atom is -0.460 e. The Morgan fingerprint density at radius 3 is 2.43 bits per heavy atom. The zero-order valence-electron chi connectivity index (χ0n) is 12.3. The van der Waals surface area contributed by atoms with Gasteiger partial charge in [-0.2, -0.15) is 0 Å². The number of halogens is 1. The molecule has 4 nitrogen and oxygen atoms in total. The largest absolute Gasteiger partial charge is 0.460 e. The molecule has 0 saturated carbocycles. The van der Waals surface area contributed by atoms with E-state index in [1.54, 1.807) is 0 Å². The zero-order chi connectivity index (χ0) is 16.5. The van der Waals surface area contributed by atoms with Crippen LogP contribution in [-0.4, -0.2) is 24.2 Å². The lowest BCUT2D eigenvalue weighted by molar-refractivity contribution is -0.145. The molecule has 0 radical (unpaired) electrons. The van der Waals surface area contributed by atoms with Crippen LogP contribution in [0, 0.1) is 0 Å². The molecule has 0 heterocycles. The molecule has 1 amide bonds. The van der Waals surface area contributed by atoms with Gasteiger partial charge in [-0.1, -0.05) is 46.3 Å². The first kappa shape index (κ1) is 17.6. The van der Waals surface area contributed by atoms with Gasteiger partial charge in [-0.25, -0.2) is 0 Å². The average molecular weight is 394 g/mol. The first-order valence-corrected chi connectivity index (χ1v) is 8.76. The van der Waals surface area contributed by atoms with Gasteiger partial charge in [0.25, 0.3) is 0 Å². The normalized spacial score (nSPS) is 10.1. The third kappa shape index (κ3) is 6.88. The van der Waals surface area contributed by atoms with E-state index in [2.05, 4.69) is 21.2 Å². The second-order valence-electron chi connectivity index (χ2n) is 4.67.